The van der Waals surface area contributed by atoms with Gasteiger partial charge in [-0.15, -0.1) is 0 Å². The molecule has 0 spiro atoms. The summed E-state index contributed by atoms with van der Waals surface area (Å²) in [6.07, 6.45) is -1.36. The second kappa shape index (κ2) is 19.0. The molecule has 10 rings (SSSR count). The van der Waals surface area contributed by atoms with Crippen molar-refractivity contribution in [3.63, 3.8) is 0 Å². The van der Waals surface area contributed by atoms with Crippen molar-refractivity contribution in [2.45, 2.75) is 120 Å². The Hall–Kier alpha value is -5.79. The molecule has 4 aliphatic heterocycles. The monoisotopic (exact) mass is 987 g/mol. The van der Waals surface area contributed by atoms with Gasteiger partial charge >= 0.3 is 18.0 Å². The summed E-state index contributed by atoms with van der Waals surface area (Å²) in [5.74, 6) is 0.691. The van der Waals surface area contributed by atoms with Gasteiger partial charge in [0.25, 0.3) is 0 Å². The number of amides is 2. The number of likely N-dealkylation sites (tertiary alicyclic amines) is 2. The van der Waals surface area contributed by atoms with Crippen molar-refractivity contribution in [1.29, 1.82) is 0 Å². The first-order chi connectivity index (χ1) is 33.8. The molecule has 13 nitrogen and oxygen atoms in total. The lowest BCUT2D eigenvalue weighted by Gasteiger charge is -2.38. The minimum absolute atomic E-state index is 0.0242. The van der Waals surface area contributed by atoms with Gasteiger partial charge in [0.15, 0.2) is 0 Å². The van der Waals surface area contributed by atoms with E-state index in [1.165, 1.54) is 15.7 Å². The molecule has 3 N–H and O–H groups in total. The van der Waals surface area contributed by atoms with Crippen LogP contribution in [0, 0.1) is 5.92 Å². The summed E-state index contributed by atoms with van der Waals surface area (Å²) in [7, 11) is 1.73. The number of hydrogen-bond acceptors (Lipinski definition) is 10. The molecule has 378 valence electrons. The Balaban J connectivity index is 0.754. The maximum Gasteiger partial charge on any atom is 0.416 e. The van der Waals surface area contributed by atoms with Crippen molar-refractivity contribution in [2.75, 3.05) is 49.5 Å². The quantitative estimate of drug-likeness (QED) is 0.0924. The molecule has 4 fully saturated rings. The van der Waals surface area contributed by atoms with Crippen molar-refractivity contribution >= 4 is 40.3 Å². The van der Waals surface area contributed by atoms with Gasteiger partial charge in [-0.05, 0) is 150 Å². The normalized spacial score (nSPS) is 24.4. The molecule has 1 aliphatic carbocycles. The van der Waals surface area contributed by atoms with E-state index >= 15 is 0 Å². The van der Waals surface area contributed by atoms with E-state index in [9.17, 15) is 45.8 Å². The largest absolute Gasteiger partial charge is 0.416 e. The van der Waals surface area contributed by atoms with Gasteiger partial charge < -0.3 is 20.2 Å². The minimum Gasteiger partial charge on any atom is -0.393 e. The third kappa shape index (κ3) is 9.93. The summed E-state index contributed by atoms with van der Waals surface area (Å²) >= 11 is 0. The summed E-state index contributed by atoms with van der Waals surface area (Å²) in [6, 6.07) is 15.4. The highest BCUT2D eigenvalue weighted by Gasteiger charge is 2.45. The number of nitrogens with zero attached hydrogens (tertiary/aromatic N) is 7. The second-order valence-corrected chi connectivity index (χ2v) is 20.7. The molecule has 2 atom stereocenters. The Morgan fingerprint density at radius 1 is 0.789 bits per heavy atom. The molecule has 2 aromatic heterocycles. The van der Waals surface area contributed by atoms with E-state index < -0.39 is 52.6 Å². The SMILES string of the molecule is Cn1c(=O)n(C2CCC(=O)NC2=O)c2ccc(C3CCN(CC4CCN(Cc5ccc(C6(C)CN(C7CCC(O)CC7)c7nc(Nc8cc(C(F)(F)F)cc(C(F)(F)F)c8)ncc76)cc5)CC4)CC3)cc21. The number of anilines is 3. The average molecular weight is 988 g/mol. The highest BCUT2D eigenvalue weighted by atomic mass is 19.4. The van der Waals surface area contributed by atoms with Gasteiger partial charge in [0.2, 0.25) is 17.8 Å². The van der Waals surface area contributed by atoms with Crippen LogP contribution in [0.4, 0.5) is 43.8 Å². The average Bonchev–Trinajstić information content (AvgIpc) is 3.78. The van der Waals surface area contributed by atoms with E-state index in [0.717, 1.165) is 81.6 Å². The first-order valence-corrected chi connectivity index (χ1v) is 24.8. The first kappa shape index (κ1) is 48.8. The Bertz CT molecular complexity index is 2830. The number of halogens is 6. The molecule has 0 radical (unpaired) electrons. The fraction of sp³-hybridized carbons (Fsp3) is 0.519. The lowest BCUT2D eigenvalue weighted by atomic mass is 9.78. The molecule has 71 heavy (non-hydrogen) atoms. The number of aryl methyl sites for hydroxylation is 1. The highest BCUT2D eigenvalue weighted by Crippen LogP contribution is 2.47. The van der Waals surface area contributed by atoms with E-state index in [1.807, 2.05) is 6.07 Å². The number of alkyl halides is 6. The lowest BCUT2D eigenvalue weighted by Crippen LogP contribution is -2.44. The van der Waals surface area contributed by atoms with Crippen molar-refractivity contribution < 1.29 is 41.0 Å². The number of aliphatic hydroxyl groups is 1. The summed E-state index contributed by atoms with van der Waals surface area (Å²) < 4.78 is 85.2. The number of nitrogens with one attached hydrogen (secondary N) is 2. The lowest BCUT2D eigenvalue weighted by molar-refractivity contribution is -0.143. The number of aromatic nitrogens is 4. The minimum atomic E-state index is -5.00. The van der Waals surface area contributed by atoms with Crippen LogP contribution in [0.25, 0.3) is 11.0 Å². The topological polar surface area (TPSA) is 141 Å². The third-order valence-electron chi connectivity index (χ3n) is 16.0. The van der Waals surface area contributed by atoms with Crippen molar-refractivity contribution in [3.8, 4) is 0 Å². The molecule has 3 saturated heterocycles. The number of hydrogen-bond donors (Lipinski definition) is 3. The molecule has 3 aromatic carbocycles. The Labute approximate surface area is 407 Å². The van der Waals surface area contributed by atoms with E-state index in [-0.39, 0.29) is 36.1 Å². The summed E-state index contributed by atoms with van der Waals surface area (Å²) in [4.78, 5) is 54.2. The van der Waals surface area contributed by atoms with E-state index in [1.54, 1.807) is 17.8 Å². The number of fused-ring (bicyclic) bond motifs is 2. The number of imide groups is 1. The van der Waals surface area contributed by atoms with E-state index in [4.69, 9.17) is 4.98 Å². The van der Waals surface area contributed by atoms with Gasteiger partial charge in [-0.3, -0.25) is 28.9 Å². The fourth-order valence-electron chi connectivity index (χ4n) is 11.9. The van der Waals surface area contributed by atoms with Crippen LogP contribution in [0.2, 0.25) is 0 Å². The van der Waals surface area contributed by atoms with Crippen LogP contribution in [-0.2, 0) is 40.9 Å². The van der Waals surface area contributed by atoms with Gasteiger partial charge in [-0.25, -0.2) is 9.78 Å². The fourth-order valence-corrected chi connectivity index (χ4v) is 11.9. The van der Waals surface area contributed by atoms with Gasteiger partial charge in [-0.1, -0.05) is 30.3 Å². The number of benzene rings is 3. The Morgan fingerprint density at radius 2 is 1.45 bits per heavy atom. The Kier molecular flexibility index (Phi) is 13.1. The number of rotatable bonds is 10. The highest BCUT2D eigenvalue weighted by molar-refractivity contribution is 6.00. The van der Waals surface area contributed by atoms with Crippen LogP contribution in [0.3, 0.4) is 0 Å². The number of piperidine rings is 3. The van der Waals surface area contributed by atoms with Crippen LogP contribution in [-0.4, -0.2) is 97.2 Å². The van der Waals surface area contributed by atoms with Crippen molar-refractivity contribution in [1.82, 2.24) is 34.2 Å². The van der Waals surface area contributed by atoms with Crippen LogP contribution < -0.4 is 21.2 Å². The van der Waals surface area contributed by atoms with Gasteiger partial charge in [-0.2, -0.15) is 31.3 Å². The van der Waals surface area contributed by atoms with Crippen LogP contribution in [0.5, 0.6) is 0 Å². The zero-order valence-corrected chi connectivity index (χ0v) is 39.8. The standard InChI is InChI=1S/C52H59F6N9O4/c1-50(30-66(39-8-10-40(68)11-9-39)46-41(50)27-59-48(62-46)60-38-25-36(51(53,54)55)24-37(26-38)52(56,57)58)35-6-3-31(4-7-35)28-64-19-15-32(16-20-64)29-65-21-17-33(18-22-65)34-5-12-42-44(23-34)63(2)49(71)67(42)43-13-14-45(69)61-47(43)70/h3-7,12,23-27,32-33,39-40,43,68H,8-11,13-22,28-30H2,1-2H3,(H,59,60,62)(H,61,69,70). The van der Waals surface area contributed by atoms with E-state index in [0.29, 0.717) is 74.0 Å². The zero-order chi connectivity index (χ0) is 50.0. The molecule has 19 heteroatoms. The summed E-state index contributed by atoms with van der Waals surface area (Å²) in [5, 5.41) is 15.3. The molecular weight excluding hydrogens is 929 g/mol. The maximum absolute atomic E-state index is 13.7. The summed E-state index contributed by atoms with van der Waals surface area (Å²) in [6.45, 7) is 8.55. The molecule has 2 unspecified atom stereocenters. The van der Waals surface area contributed by atoms with Crippen molar-refractivity contribution in [2.24, 2.45) is 13.0 Å². The Morgan fingerprint density at radius 3 is 2.10 bits per heavy atom. The molecule has 2 amide bonds. The first-order valence-electron chi connectivity index (χ1n) is 24.8. The number of carbonyl (C=O) groups excluding carboxylic acids is 2. The zero-order valence-electron chi connectivity index (χ0n) is 39.8. The van der Waals surface area contributed by atoms with Gasteiger partial charge in [0, 0.05) is 62.0 Å². The molecule has 5 aliphatic rings. The predicted octanol–water partition coefficient (Wildman–Crippen LogP) is 8.41. The van der Waals surface area contributed by atoms with Gasteiger partial charge in [0.1, 0.15) is 11.9 Å². The third-order valence-corrected chi connectivity index (χ3v) is 16.0. The number of aliphatic hydroxyl groups excluding tert-OH is 1. The predicted molar refractivity (Wildman–Crippen MR) is 255 cm³/mol. The maximum atomic E-state index is 13.7. The number of carbonyl (C=O) groups is 2. The smallest absolute Gasteiger partial charge is 0.393 e. The van der Waals surface area contributed by atoms with Crippen LogP contribution >= 0.6 is 0 Å². The second-order valence-electron chi connectivity index (χ2n) is 20.7. The molecule has 5 aromatic rings. The molecular formula is C52H59F6N9O4. The summed E-state index contributed by atoms with van der Waals surface area (Å²) in [5.41, 5.74) is 1.60. The molecule has 0 bridgehead atoms. The van der Waals surface area contributed by atoms with Gasteiger partial charge in [0.05, 0.1) is 28.3 Å². The van der Waals surface area contributed by atoms with Crippen molar-refractivity contribution in [3.05, 3.63) is 111 Å². The van der Waals surface area contributed by atoms with Crippen LogP contribution in [0.1, 0.15) is 116 Å². The molecule has 1 saturated carbocycles. The van der Waals surface area contributed by atoms with Crippen LogP contribution in [0.15, 0.2) is 71.7 Å². The van der Waals surface area contributed by atoms with E-state index in [2.05, 4.69) is 73.6 Å². The molecule has 6 heterocycles. The number of imidazole rings is 1.